The van der Waals surface area contributed by atoms with Gasteiger partial charge in [0.2, 0.25) is 0 Å². The first-order chi connectivity index (χ1) is 18.5. The Morgan fingerprint density at radius 2 is 0.744 bits per heavy atom. The molecule has 0 aliphatic heterocycles. The van der Waals surface area contributed by atoms with Crippen LogP contribution in [0.3, 0.4) is 0 Å². The van der Waals surface area contributed by atoms with Crippen molar-refractivity contribution in [2.75, 3.05) is 0 Å². The standard InChI is InChI=1S/2C13H12O.2C5H5.Zr/c2*1-10-5-7-11(8-6-10)12-3-2-4-13(14)9-12;2*1-2-4-5-3-1;/h2*2-9,14H,1H3;2*1-5H;/q;;2*-1;+2. The van der Waals surface area contributed by atoms with E-state index in [1.165, 1.54) is 11.1 Å². The summed E-state index contributed by atoms with van der Waals surface area (Å²) in [5, 5.41) is 18.7. The van der Waals surface area contributed by atoms with E-state index in [2.05, 4.69) is 62.4 Å². The maximum Gasteiger partial charge on any atom is 2.00 e. The summed E-state index contributed by atoms with van der Waals surface area (Å²) < 4.78 is 0. The van der Waals surface area contributed by atoms with Crippen molar-refractivity contribution in [3.63, 3.8) is 0 Å². The molecule has 0 aliphatic rings. The molecule has 0 heterocycles. The van der Waals surface area contributed by atoms with Gasteiger partial charge < -0.3 is 10.2 Å². The quantitative estimate of drug-likeness (QED) is 0.198. The molecule has 39 heavy (non-hydrogen) atoms. The third-order valence-corrected chi connectivity index (χ3v) is 5.57. The minimum atomic E-state index is 0. The average Bonchev–Trinajstić information content (AvgIpc) is 3.70. The first-order valence-electron chi connectivity index (χ1n) is 12.6. The van der Waals surface area contributed by atoms with Crippen LogP contribution in [-0.2, 0) is 26.2 Å². The van der Waals surface area contributed by atoms with Crippen molar-refractivity contribution in [2.45, 2.75) is 13.8 Å². The van der Waals surface area contributed by atoms with Crippen LogP contribution in [0.4, 0.5) is 0 Å². The van der Waals surface area contributed by atoms with E-state index < -0.39 is 0 Å². The van der Waals surface area contributed by atoms with Crippen LogP contribution < -0.4 is 0 Å². The van der Waals surface area contributed by atoms with Gasteiger partial charge in [-0.25, -0.2) is 24.3 Å². The van der Waals surface area contributed by atoms with E-state index in [9.17, 15) is 10.2 Å². The molecule has 6 aromatic carbocycles. The third-order valence-electron chi connectivity index (χ3n) is 5.57. The van der Waals surface area contributed by atoms with Gasteiger partial charge in [0.25, 0.3) is 0 Å². The van der Waals surface area contributed by atoms with Gasteiger partial charge in [-0.1, -0.05) is 83.9 Å². The Morgan fingerprint density at radius 3 is 1.00 bits per heavy atom. The molecule has 0 aromatic heterocycles. The smallest absolute Gasteiger partial charge is 0.508 e. The third kappa shape index (κ3) is 12.0. The van der Waals surface area contributed by atoms with Gasteiger partial charge in [0.05, 0.1) is 0 Å². The van der Waals surface area contributed by atoms with Gasteiger partial charge in [0, 0.05) is 0 Å². The number of phenols is 2. The molecule has 2 nitrogen and oxygen atoms in total. The fraction of sp³-hybridized carbons (Fsp3) is 0.0556. The Bertz CT molecular complexity index is 1270. The Kier molecular flexibility index (Phi) is 14.1. The number of aromatic hydroxyl groups is 2. The molecular weight excluding hydrogens is 556 g/mol. The molecule has 0 amide bonds. The van der Waals surface area contributed by atoms with E-state index in [0.717, 1.165) is 22.3 Å². The zero-order valence-electron chi connectivity index (χ0n) is 22.4. The summed E-state index contributed by atoms with van der Waals surface area (Å²) in [4.78, 5) is 0. The molecule has 194 valence electrons. The second kappa shape index (κ2) is 17.5. The van der Waals surface area contributed by atoms with Crippen LogP contribution in [0, 0.1) is 13.8 Å². The van der Waals surface area contributed by atoms with Gasteiger partial charge in [-0.3, -0.25) is 0 Å². The summed E-state index contributed by atoms with van der Waals surface area (Å²) in [5.74, 6) is 0.617. The summed E-state index contributed by atoms with van der Waals surface area (Å²) in [6, 6.07) is 51.1. The largest absolute Gasteiger partial charge is 2.00 e. The predicted octanol–water partition coefficient (Wildman–Crippen LogP) is 9.54. The Balaban J connectivity index is 0.000000199. The zero-order chi connectivity index (χ0) is 27.0. The summed E-state index contributed by atoms with van der Waals surface area (Å²) in [6.07, 6.45) is 0. The number of hydrogen-bond donors (Lipinski definition) is 2. The average molecular weight is 590 g/mol. The van der Waals surface area contributed by atoms with Crippen molar-refractivity contribution >= 4 is 0 Å². The van der Waals surface area contributed by atoms with Crippen LogP contribution in [0.25, 0.3) is 22.3 Å². The molecule has 2 N–H and O–H groups in total. The molecule has 0 spiro atoms. The van der Waals surface area contributed by atoms with Crippen LogP contribution in [0.5, 0.6) is 11.5 Å². The van der Waals surface area contributed by atoms with E-state index in [1.54, 1.807) is 24.3 Å². The van der Waals surface area contributed by atoms with Crippen molar-refractivity contribution in [1.82, 2.24) is 0 Å². The van der Waals surface area contributed by atoms with Crippen LogP contribution in [0.1, 0.15) is 11.1 Å². The van der Waals surface area contributed by atoms with E-state index in [1.807, 2.05) is 84.9 Å². The van der Waals surface area contributed by atoms with E-state index in [-0.39, 0.29) is 26.2 Å². The molecule has 6 rings (SSSR count). The molecule has 0 fully saturated rings. The van der Waals surface area contributed by atoms with Gasteiger partial charge in [0.1, 0.15) is 11.5 Å². The van der Waals surface area contributed by atoms with Crippen molar-refractivity contribution in [2.24, 2.45) is 0 Å². The first-order valence-corrected chi connectivity index (χ1v) is 12.6. The van der Waals surface area contributed by atoms with E-state index in [0.29, 0.717) is 11.5 Å². The summed E-state index contributed by atoms with van der Waals surface area (Å²) in [6.45, 7) is 4.12. The van der Waals surface area contributed by atoms with Crippen LogP contribution >= 0.6 is 0 Å². The molecule has 0 aliphatic carbocycles. The molecule has 0 unspecified atom stereocenters. The summed E-state index contributed by atoms with van der Waals surface area (Å²) >= 11 is 0. The topological polar surface area (TPSA) is 40.5 Å². The minimum absolute atomic E-state index is 0. The van der Waals surface area contributed by atoms with Gasteiger partial charge in [-0.2, -0.15) is 36.4 Å². The van der Waals surface area contributed by atoms with E-state index >= 15 is 0 Å². The summed E-state index contributed by atoms with van der Waals surface area (Å²) in [5.41, 5.74) is 6.84. The fourth-order valence-electron chi connectivity index (χ4n) is 3.50. The number of benzene rings is 4. The maximum atomic E-state index is 9.33. The van der Waals surface area contributed by atoms with Gasteiger partial charge in [-0.05, 0) is 60.4 Å². The molecule has 3 heteroatoms. The van der Waals surface area contributed by atoms with Crippen LogP contribution in [0.15, 0.2) is 158 Å². The zero-order valence-corrected chi connectivity index (χ0v) is 24.9. The Morgan fingerprint density at radius 1 is 0.410 bits per heavy atom. The molecule has 0 saturated carbocycles. The van der Waals surface area contributed by atoms with Crippen LogP contribution in [-0.4, -0.2) is 10.2 Å². The molecular formula is C36H34O2Zr. The van der Waals surface area contributed by atoms with Crippen molar-refractivity contribution in [3.05, 3.63) is 169 Å². The second-order valence-corrected chi connectivity index (χ2v) is 8.76. The van der Waals surface area contributed by atoms with Crippen molar-refractivity contribution in [1.29, 1.82) is 0 Å². The SMILES string of the molecule is Cc1ccc(-c2cccc(O)c2)cc1.Cc1ccc(-c2cccc(O)c2)cc1.[Zr+2].c1cc[cH-]c1.c1cc[cH-]c1. The number of aryl methyl sites for hydroxylation is 2. The van der Waals surface area contributed by atoms with Crippen LogP contribution in [0.2, 0.25) is 0 Å². The molecule has 0 radical (unpaired) electrons. The van der Waals surface area contributed by atoms with Gasteiger partial charge in [0.15, 0.2) is 0 Å². The molecule has 0 atom stereocenters. The van der Waals surface area contributed by atoms with Crippen molar-refractivity contribution in [3.8, 4) is 33.8 Å². The minimum Gasteiger partial charge on any atom is -0.508 e. The van der Waals surface area contributed by atoms with E-state index in [4.69, 9.17) is 0 Å². The van der Waals surface area contributed by atoms with Gasteiger partial charge in [-0.15, -0.1) is 0 Å². The fourth-order valence-corrected chi connectivity index (χ4v) is 3.50. The van der Waals surface area contributed by atoms with Crippen molar-refractivity contribution < 1.29 is 36.4 Å². The first kappa shape index (κ1) is 31.3. The van der Waals surface area contributed by atoms with Gasteiger partial charge >= 0.3 is 26.2 Å². The number of phenolic OH excluding ortho intramolecular Hbond substituents is 2. The normalized spacial score (nSPS) is 9.28. The molecule has 0 bridgehead atoms. The number of rotatable bonds is 2. The Hall–Kier alpha value is -3.94. The second-order valence-electron chi connectivity index (χ2n) is 8.76. The maximum absolute atomic E-state index is 9.33. The molecule has 0 saturated heterocycles. The molecule has 6 aromatic rings. The summed E-state index contributed by atoms with van der Waals surface area (Å²) in [7, 11) is 0. The Labute approximate surface area is 251 Å². The predicted molar refractivity (Wildman–Crippen MR) is 161 cm³/mol. The number of hydrogen-bond acceptors (Lipinski definition) is 2. The monoisotopic (exact) mass is 588 g/mol.